The van der Waals surface area contributed by atoms with Crippen molar-refractivity contribution in [1.29, 1.82) is 0 Å². The van der Waals surface area contributed by atoms with Crippen LogP contribution >= 0.6 is 9.24 Å². The van der Waals surface area contributed by atoms with E-state index in [4.69, 9.17) is 0 Å². The Morgan fingerprint density at radius 1 is 1.18 bits per heavy atom. The van der Waals surface area contributed by atoms with E-state index < -0.39 is 0 Å². The predicted molar refractivity (Wildman–Crippen MR) is 55.0 cm³/mol. The van der Waals surface area contributed by atoms with Crippen LogP contribution in [-0.4, -0.2) is 5.16 Å². The Labute approximate surface area is 73.3 Å². The Kier molecular flexibility index (Phi) is 3.37. The first kappa shape index (κ1) is 9.52. The molecule has 1 fully saturated rings. The van der Waals surface area contributed by atoms with Gasteiger partial charge < -0.3 is 0 Å². The second-order valence-corrected chi connectivity index (χ2v) is 5.07. The normalized spacial score (nSPS) is 21.0. The van der Waals surface area contributed by atoms with Crippen molar-refractivity contribution in [1.82, 2.24) is 0 Å². The van der Waals surface area contributed by atoms with Gasteiger partial charge >= 0.3 is 0 Å². The maximum atomic E-state index is 3.11. The monoisotopic (exact) mass is 172 g/mol. The minimum absolute atomic E-state index is 0.580. The molecule has 66 valence electrons. The van der Waals surface area contributed by atoms with Gasteiger partial charge in [-0.25, -0.2) is 0 Å². The molecule has 0 N–H and O–H groups in total. The summed E-state index contributed by atoms with van der Waals surface area (Å²) in [6, 6.07) is 0. The molecule has 0 amide bonds. The van der Waals surface area contributed by atoms with E-state index in [0.29, 0.717) is 5.16 Å². The van der Waals surface area contributed by atoms with Gasteiger partial charge in [-0.05, 0) is 36.8 Å². The molecular weight excluding hydrogens is 151 g/mol. The number of hydrogen-bond acceptors (Lipinski definition) is 0. The van der Waals surface area contributed by atoms with Crippen LogP contribution in [0, 0.1) is 5.92 Å². The minimum Gasteiger partial charge on any atom is -0.131 e. The summed E-state index contributed by atoms with van der Waals surface area (Å²) in [6.45, 7) is 4.66. The van der Waals surface area contributed by atoms with Crippen molar-refractivity contribution in [2.45, 2.75) is 57.5 Å². The Bertz CT molecular complexity index is 110. The van der Waals surface area contributed by atoms with Crippen LogP contribution in [0.2, 0.25) is 0 Å². The highest BCUT2D eigenvalue weighted by atomic mass is 31.0. The molecule has 0 bridgehead atoms. The molecule has 0 spiro atoms. The molecule has 0 aromatic rings. The summed E-state index contributed by atoms with van der Waals surface area (Å²) in [5, 5.41) is 0.580. The van der Waals surface area contributed by atoms with E-state index in [0.717, 1.165) is 5.92 Å². The standard InChI is InChI=1S/C10H21P/c1-3-10(11,4-2)9-7-5-6-8-9/h9H,3-8,11H2,1-2H3. The molecule has 1 heteroatoms. The van der Waals surface area contributed by atoms with Crippen molar-refractivity contribution in [2.75, 3.05) is 0 Å². The zero-order chi connectivity index (χ0) is 8.32. The average Bonchev–Trinajstić information content (AvgIpc) is 2.55. The lowest BCUT2D eigenvalue weighted by molar-refractivity contribution is 0.362. The second-order valence-electron chi connectivity index (χ2n) is 3.92. The molecule has 0 aromatic heterocycles. The van der Waals surface area contributed by atoms with Crippen molar-refractivity contribution < 1.29 is 0 Å². The van der Waals surface area contributed by atoms with Crippen LogP contribution < -0.4 is 0 Å². The summed E-state index contributed by atoms with van der Waals surface area (Å²) in [6.07, 6.45) is 8.57. The van der Waals surface area contributed by atoms with E-state index in [2.05, 4.69) is 23.1 Å². The summed E-state index contributed by atoms with van der Waals surface area (Å²) in [5.74, 6) is 1.00. The summed E-state index contributed by atoms with van der Waals surface area (Å²) in [5.41, 5.74) is 0. The fourth-order valence-electron chi connectivity index (χ4n) is 2.33. The lowest BCUT2D eigenvalue weighted by atomic mass is 9.85. The summed E-state index contributed by atoms with van der Waals surface area (Å²) >= 11 is 0. The molecule has 1 unspecified atom stereocenters. The van der Waals surface area contributed by atoms with E-state index in [9.17, 15) is 0 Å². The first-order valence-corrected chi connectivity index (χ1v) is 5.59. The Hall–Kier alpha value is 0.430. The molecule has 1 aliphatic rings. The lowest BCUT2D eigenvalue weighted by Gasteiger charge is -2.33. The van der Waals surface area contributed by atoms with E-state index >= 15 is 0 Å². The molecule has 11 heavy (non-hydrogen) atoms. The van der Waals surface area contributed by atoms with E-state index in [1.165, 1.54) is 38.5 Å². The molecule has 1 saturated carbocycles. The highest BCUT2D eigenvalue weighted by molar-refractivity contribution is 7.19. The zero-order valence-electron chi connectivity index (χ0n) is 7.90. The second kappa shape index (κ2) is 3.90. The average molecular weight is 172 g/mol. The largest absolute Gasteiger partial charge is 0.131 e. The summed E-state index contributed by atoms with van der Waals surface area (Å²) in [4.78, 5) is 0. The van der Waals surface area contributed by atoms with Crippen LogP contribution in [0.1, 0.15) is 52.4 Å². The van der Waals surface area contributed by atoms with Gasteiger partial charge in [0, 0.05) is 0 Å². The van der Waals surface area contributed by atoms with Crippen LogP contribution in [-0.2, 0) is 0 Å². The Morgan fingerprint density at radius 3 is 2.00 bits per heavy atom. The fourth-order valence-corrected chi connectivity index (χ4v) is 2.66. The van der Waals surface area contributed by atoms with Gasteiger partial charge in [-0.15, -0.1) is 9.24 Å². The van der Waals surface area contributed by atoms with Gasteiger partial charge in [0.1, 0.15) is 0 Å². The van der Waals surface area contributed by atoms with Crippen molar-refractivity contribution >= 4 is 9.24 Å². The van der Waals surface area contributed by atoms with Gasteiger partial charge in [0.05, 0.1) is 0 Å². The third-order valence-electron chi connectivity index (χ3n) is 3.48. The third kappa shape index (κ3) is 1.96. The molecule has 0 saturated heterocycles. The zero-order valence-corrected chi connectivity index (χ0v) is 9.05. The third-order valence-corrected chi connectivity index (χ3v) is 4.77. The maximum Gasteiger partial charge on any atom is -0.0127 e. The van der Waals surface area contributed by atoms with Crippen molar-refractivity contribution in [2.24, 2.45) is 5.92 Å². The topological polar surface area (TPSA) is 0 Å². The molecule has 1 atom stereocenters. The molecule has 1 rings (SSSR count). The summed E-state index contributed by atoms with van der Waals surface area (Å²) < 4.78 is 0. The highest BCUT2D eigenvalue weighted by Crippen LogP contribution is 2.43. The van der Waals surface area contributed by atoms with Crippen LogP contribution in [0.25, 0.3) is 0 Å². The molecule has 0 heterocycles. The van der Waals surface area contributed by atoms with Gasteiger partial charge in [0.25, 0.3) is 0 Å². The quantitative estimate of drug-likeness (QED) is 0.570. The Balaban J connectivity index is 2.52. The van der Waals surface area contributed by atoms with Gasteiger partial charge in [-0.3, -0.25) is 0 Å². The van der Waals surface area contributed by atoms with E-state index in [1.54, 1.807) is 0 Å². The van der Waals surface area contributed by atoms with Crippen LogP contribution in [0.3, 0.4) is 0 Å². The van der Waals surface area contributed by atoms with Gasteiger partial charge in [-0.2, -0.15) is 0 Å². The van der Waals surface area contributed by atoms with Crippen molar-refractivity contribution in [3.05, 3.63) is 0 Å². The first-order chi connectivity index (χ1) is 5.23. The summed E-state index contributed by atoms with van der Waals surface area (Å²) in [7, 11) is 3.11. The van der Waals surface area contributed by atoms with Gasteiger partial charge in [0.2, 0.25) is 0 Å². The molecule has 1 aliphatic carbocycles. The number of rotatable bonds is 3. The molecule has 0 nitrogen and oxygen atoms in total. The highest BCUT2D eigenvalue weighted by Gasteiger charge is 2.32. The van der Waals surface area contributed by atoms with Gasteiger partial charge in [-0.1, -0.05) is 26.7 Å². The van der Waals surface area contributed by atoms with Crippen molar-refractivity contribution in [3.63, 3.8) is 0 Å². The molecule has 0 aliphatic heterocycles. The smallest absolute Gasteiger partial charge is 0.0127 e. The van der Waals surface area contributed by atoms with Crippen LogP contribution in [0.5, 0.6) is 0 Å². The molecular formula is C10H21P. The van der Waals surface area contributed by atoms with Gasteiger partial charge in [0.15, 0.2) is 0 Å². The van der Waals surface area contributed by atoms with E-state index in [1.807, 2.05) is 0 Å². The maximum absolute atomic E-state index is 3.11. The molecule has 0 radical (unpaired) electrons. The SMILES string of the molecule is CCC(P)(CC)C1CCCC1. The molecule has 0 aromatic carbocycles. The van der Waals surface area contributed by atoms with Crippen LogP contribution in [0.15, 0.2) is 0 Å². The van der Waals surface area contributed by atoms with Crippen LogP contribution in [0.4, 0.5) is 0 Å². The van der Waals surface area contributed by atoms with E-state index in [-0.39, 0.29) is 0 Å². The van der Waals surface area contributed by atoms with Crippen molar-refractivity contribution in [3.8, 4) is 0 Å². The predicted octanol–water partition coefficient (Wildman–Crippen LogP) is 3.61. The lowest BCUT2D eigenvalue weighted by Crippen LogP contribution is -2.27. The Morgan fingerprint density at radius 2 is 1.64 bits per heavy atom. The first-order valence-electron chi connectivity index (χ1n) is 5.02. The number of hydrogen-bond donors (Lipinski definition) is 0. The fraction of sp³-hybridized carbons (Fsp3) is 1.00. The minimum atomic E-state index is 0.580.